The van der Waals surface area contributed by atoms with Gasteiger partial charge in [-0.15, -0.1) is 0 Å². The zero-order valence-corrected chi connectivity index (χ0v) is 20.6. The van der Waals surface area contributed by atoms with Gasteiger partial charge in [0.1, 0.15) is 0 Å². The number of rotatable bonds is 7. The van der Waals surface area contributed by atoms with Gasteiger partial charge in [-0.2, -0.15) is 0 Å². The van der Waals surface area contributed by atoms with E-state index < -0.39 is 12.0 Å². The third-order valence-corrected chi connectivity index (χ3v) is 6.80. The average molecular weight is 477 g/mol. The molecule has 0 unspecified atom stereocenters. The highest BCUT2D eigenvalue weighted by atomic mass is 32.2. The first-order valence-corrected chi connectivity index (χ1v) is 12.1. The highest BCUT2D eigenvalue weighted by Gasteiger charge is 2.42. The molecular weight excluding hydrogens is 448 g/mol. The van der Waals surface area contributed by atoms with Crippen LogP contribution in [0.25, 0.3) is 0 Å². The summed E-state index contributed by atoms with van der Waals surface area (Å²) in [6.07, 6.45) is 4.21. The molecule has 4 rings (SSSR count). The number of thioether (sulfide) groups is 1. The summed E-state index contributed by atoms with van der Waals surface area (Å²) in [6, 6.07) is 9.56. The lowest BCUT2D eigenvalue weighted by Gasteiger charge is -2.37. The second kappa shape index (κ2) is 10.3. The van der Waals surface area contributed by atoms with Gasteiger partial charge >= 0.3 is 5.97 Å². The number of nitrogens with zero attached hydrogens (tertiary/aromatic N) is 3. The number of pyridine rings is 1. The number of amides is 1. The lowest BCUT2D eigenvalue weighted by atomic mass is 9.89. The quantitative estimate of drug-likeness (QED) is 0.591. The summed E-state index contributed by atoms with van der Waals surface area (Å²) in [4.78, 5) is 36.7. The van der Waals surface area contributed by atoms with Gasteiger partial charge in [-0.3, -0.25) is 9.78 Å². The Labute approximate surface area is 204 Å². The maximum atomic E-state index is 13.0. The number of benzene rings is 1. The van der Waals surface area contributed by atoms with Crippen molar-refractivity contribution in [2.75, 3.05) is 7.11 Å². The minimum Gasteiger partial charge on any atom is -0.466 e. The number of ether oxygens (including phenoxy) is 1. The van der Waals surface area contributed by atoms with Gasteiger partial charge in [0.2, 0.25) is 5.91 Å². The Morgan fingerprint density at radius 3 is 2.76 bits per heavy atom. The molecule has 1 amide bonds. The molecule has 1 N–H and O–H groups in total. The lowest BCUT2D eigenvalue weighted by molar-refractivity contribution is -0.136. The van der Waals surface area contributed by atoms with Crippen LogP contribution in [-0.4, -0.2) is 34.0 Å². The second-order valence-corrected chi connectivity index (χ2v) is 9.11. The fourth-order valence-corrected chi connectivity index (χ4v) is 5.13. The summed E-state index contributed by atoms with van der Waals surface area (Å²) in [5, 5.41) is 5.68. The summed E-state index contributed by atoms with van der Waals surface area (Å²) < 4.78 is 5.19. The van der Waals surface area contributed by atoms with E-state index in [9.17, 15) is 9.59 Å². The molecule has 0 spiro atoms. The number of allylic oxidation sites excluding steroid dienone is 1. The molecule has 1 aromatic carbocycles. The first-order chi connectivity index (χ1) is 16.4. The predicted molar refractivity (Wildman–Crippen MR) is 134 cm³/mol. The van der Waals surface area contributed by atoms with E-state index in [-0.39, 0.29) is 12.3 Å². The SMILES string of the molecule is CCC1=C(C(=O)OC)[C@@H](c2cc(C)ccc2C)N2C(CC(=O)NCc3cccnc3)=CSC2=N1. The standard InChI is InChI=1S/C26H28N4O3S/c1-5-21-23(25(32)33-4)24(20-11-16(2)8-9-17(20)3)30-19(15-34-26(30)29-21)12-22(31)28-14-18-7-6-10-27-13-18/h6-11,13,15,24H,5,12,14H2,1-4H3,(H,28,31)/t24-/m1/s1. The van der Waals surface area contributed by atoms with Gasteiger partial charge in [0.05, 0.1) is 30.8 Å². The molecular formula is C26H28N4O3S. The minimum atomic E-state index is -0.415. The van der Waals surface area contributed by atoms with Crippen LogP contribution in [0.1, 0.15) is 48.1 Å². The fraction of sp³-hybridized carbons (Fsp3) is 0.308. The van der Waals surface area contributed by atoms with E-state index >= 15 is 0 Å². The van der Waals surface area contributed by atoms with Crippen LogP contribution in [0, 0.1) is 13.8 Å². The van der Waals surface area contributed by atoms with Gasteiger partial charge in [-0.1, -0.05) is 48.5 Å². The van der Waals surface area contributed by atoms with Crippen molar-refractivity contribution in [3.63, 3.8) is 0 Å². The molecule has 2 aliphatic heterocycles. The topological polar surface area (TPSA) is 83.9 Å². The lowest BCUT2D eigenvalue weighted by Crippen LogP contribution is -2.38. The number of fused-ring (bicyclic) bond motifs is 1. The highest BCUT2D eigenvalue weighted by molar-refractivity contribution is 8.16. The van der Waals surface area contributed by atoms with Crippen LogP contribution in [0.5, 0.6) is 0 Å². The molecule has 0 fully saturated rings. The van der Waals surface area contributed by atoms with E-state index in [1.165, 1.54) is 18.9 Å². The predicted octanol–water partition coefficient (Wildman–Crippen LogP) is 4.54. The Bertz CT molecular complexity index is 1200. The van der Waals surface area contributed by atoms with Crippen molar-refractivity contribution >= 4 is 28.8 Å². The van der Waals surface area contributed by atoms with E-state index in [2.05, 4.69) is 28.5 Å². The summed E-state index contributed by atoms with van der Waals surface area (Å²) >= 11 is 1.48. The Morgan fingerprint density at radius 1 is 1.24 bits per heavy atom. The molecule has 0 saturated carbocycles. The Kier molecular flexibility index (Phi) is 7.17. The van der Waals surface area contributed by atoms with Gasteiger partial charge in [0.15, 0.2) is 5.17 Å². The number of nitrogens with one attached hydrogen (secondary N) is 1. The first-order valence-electron chi connectivity index (χ1n) is 11.2. The third-order valence-electron chi connectivity index (χ3n) is 5.91. The van der Waals surface area contributed by atoms with Gasteiger partial charge in [0.25, 0.3) is 0 Å². The van der Waals surface area contributed by atoms with E-state index in [4.69, 9.17) is 9.73 Å². The summed E-state index contributed by atoms with van der Waals surface area (Å²) in [6.45, 7) is 6.46. The van der Waals surface area contributed by atoms with Crippen LogP contribution in [-0.2, 0) is 20.9 Å². The molecule has 1 aromatic heterocycles. The largest absolute Gasteiger partial charge is 0.466 e. The maximum Gasteiger partial charge on any atom is 0.338 e. The number of methoxy groups -OCH3 is 1. The smallest absolute Gasteiger partial charge is 0.338 e. The molecule has 1 atom stereocenters. The van der Waals surface area contributed by atoms with Crippen molar-refractivity contribution in [1.82, 2.24) is 15.2 Å². The Hall–Kier alpha value is -3.39. The second-order valence-electron chi connectivity index (χ2n) is 8.27. The van der Waals surface area contributed by atoms with Crippen molar-refractivity contribution in [2.45, 2.75) is 46.2 Å². The molecule has 2 aromatic rings. The zero-order valence-electron chi connectivity index (χ0n) is 19.8. The van der Waals surface area contributed by atoms with E-state index in [1.807, 2.05) is 43.2 Å². The van der Waals surface area contributed by atoms with Crippen LogP contribution in [0.15, 0.2) is 70.1 Å². The van der Waals surface area contributed by atoms with Gasteiger partial charge in [-0.05, 0) is 48.4 Å². The van der Waals surface area contributed by atoms with E-state index in [1.54, 1.807) is 12.4 Å². The number of carbonyl (C=O) groups excluding carboxylic acids is 2. The van der Waals surface area contributed by atoms with Crippen LogP contribution in [0.4, 0.5) is 0 Å². The maximum absolute atomic E-state index is 13.0. The fourth-order valence-electron chi connectivity index (χ4n) is 4.19. The van der Waals surface area contributed by atoms with Crippen LogP contribution < -0.4 is 5.32 Å². The summed E-state index contributed by atoms with van der Waals surface area (Å²) in [7, 11) is 1.39. The highest BCUT2D eigenvalue weighted by Crippen LogP contribution is 2.46. The van der Waals surface area contributed by atoms with Crippen LogP contribution in [0.3, 0.4) is 0 Å². The van der Waals surface area contributed by atoms with Crippen LogP contribution >= 0.6 is 11.8 Å². The number of aryl methyl sites for hydroxylation is 2. The van der Waals surface area contributed by atoms with Gasteiger partial charge < -0.3 is 15.0 Å². The number of carbonyl (C=O) groups is 2. The molecule has 34 heavy (non-hydrogen) atoms. The zero-order chi connectivity index (χ0) is 24.2. The monoisotopic (exact) mass is 476 g/mol. The van der Waals surface area contributed by atoms with E-state index in [0.29, 0.717) is 24.2 Å². The minimum absolute atomic E-state index is 0.110. The molecule has 0 aliphatic carbocycles. The van der Waals surface area contributed by atoms with Crippen molar-refractivity contribution in [3.05, 3.63) is 87.4 Å². The number of hydrogen-bond acceptors (Lipinski definition) is 7. The third kappa shape index (κ3) is 4.77. The Morgan fingerprint density at radius 2 is 2.06 bits per heavy atom. The van der Waals surface area contributed by atoms with Gasteiger partial charge in [0, 0.05) is 24.6 Å². The molecule has 0 bridgehead atoms. The molecule has 7 nitrogen and oxygen atoms in total. The average Bonchev–Trinajstić information content (AvgIpc) is 3.25. The number of amidine groups is 1. The molecule has 2 aliphatic rings. The van der Waals surface area contributed by atoms with Crippen molar-refractivity contribution in [1.29, 1.82) is 0 Å². The normalized spacial score (nSPS) is 17.2. The van der Waals surface area contributed by atoms with Gasteiger partial charge in [-0.25, -0.2) is 9.79 Å². The van der Waals surface area contributed by atoms with E-state index in [0.717, 1.165) is 33.1 Å². The first kappa shape index (κ1) is 23.8. The van der Waals surface area contributed by atoms with Crippen molar-refractivity contribution in [2.24, 2.45) is 4.99 Å². The van der Waals surface area contributed by atoms with Crippen LogP contribution in [0.2, 0.25) is 0 Å². The Balaban J connectivity index is 1.67. The molecule has 3 heterocycles. The molecule has 8 heteroatoms. The van der Waals surface area contributed by atoms with Crippen molar-refractivity contribution < 1.29 is 14.3 Å². The molecule has 0 radical (unpaired) electrons. The summed E-state index contributed by atoms with van der Waals surface area (Å²) in [5.74, 6) is -0.510. The number of aliphatic imine (C=N–C) groups is 1. The summed E-state index contributed by atoms with van der Waals surface area (Å²) in [5.41, 5.74) is 6.13. The molecule has 0 saturated heterocycles. The number of aromatic nitrogens is 1. The number of hydrogen-bond donors (Lipinski definition) is 1. The number of esters is 1. The molecule has 176 valence electrons. The van der Waals surface area contributed by atoms with Crippen molar-refractivity contribution in [3.8, 4) is 0 Å².